The second-order valence-electron chi connectivity index (χ2n) is 4.73. The Morgan fingerprint density at radius 3 is 3.06 bits per heavy atom. The number of rotatable bonds is 6. The molecule has 0 aromatic heterocycles. The van der Waals surface area contributed by atoms with E-state index in [9.17, 15) is 4.79 Å². The highest BCUT2D eigenvalue weighted by atomic mass is 16.3. The summed E-state index contributed by atoms with van der Waals surface area (Å²) in [6.45, 7) is 4.24. The van der Waals surface area contributed by atoms with Crippen LogP contribution >= 0.6 is 0 Å². The number of aliphatic hydroxyl groups is 1. The van der Waals surface area contributed by atoms with Gasteiger partial charge in [-0.2, -0.15) is 0 Å². The summed E-state index contributed by atoms with van der Waals surface area (Å²) in [5.74, 6) is 0.777. The van der Waals surface area contributed by atoms with Gasteiger partial charge in [-0.15, -0.1) is 0 Å². The van der Waals surface area contributed by atoms with Gasteiger partial charge in [0.2, 0.25) is 5.91 Å². The molecule has 4 heteroatoms. The summed E-state index contributed by atoms with van der Waals surface area (Å²) in [7, 11) is 0. The molecule has 2 unspecified atom stereocenters. The number of carbonyl (C=O) groups excluding carboxylic acids is 1. The van der Waals surface area contributed by atoms with Crippen molar-refractivity contribution in [2.45, 2.75) is 45.1 Å². The van der Waals surface area contributed by atoms with Gasteiger partial charge in [0.15, 0.2) is 0 Å². The molecule has 0 spiro atoms. The van der Waals surface area contributed by atoms with E-state index in [1.807, 2.05) is 6.92 Å². The molecule has 0 aliphatic carbocycles. The largest absolute Gasteiger partial charge is 0.396 e. The lowest BCUT2D eigenvalue weighted by molar-refractivity contribution is -0.122. The van der Waals surface area contributed by atoms with Crippen LogP contribution in [-0.2, 0) is 4.79 Å². The molecule has 1 fully saturated rings. The Morgan fingerprint density at radius 1 is 1.62 bits per heavy atom. The molecule has 1 amide bonds. The number of carbonyl (C=O) groups is 1. The van der Waals surface area contributed by atoms with Gasteiger partial charge in [0, 0.05) is 19.1 Å². The summed E-state index contributed by atoms with van der Waals surface area (Å²) in [4.78, 5) is 11.6. The smallest absolute Gasteiger partial charge is 0.220 e. The average Bonchev–Trinajstić information content (AvgIpc) is 2.28. The molecule has 1 aliphatic rings. The van der Waals surface area contributed by atoms with E-state index >= 15 is 0 Å². The van der Waals surface area contributed by atoms with Crippen LogP contribution in [0.5, 0.6) is 0 Å². The van der Waals surface area contributed by atoms with E-state index in [1.165, 1.54) is 12.8 Å². The maximum atomic E-state index is 11.6. The van der Waals surface area contributed by atoms with Gasteiger partial charge in [-0.3, -0.25) is 4.79 Å². The summed E-state index contributed by atoms with van der Waals surface area (Å²) in [5.41, 5.74) is 0. The van der Waals surface area contributed by atoms with Crippen LogP contribution in [0.4, 0.5) is 0 Å². The van der Waals surface area contributed by atoms with Crippen LogP contribution in [0.2, 0.25) is 0 Å². The van der Waals surface area contributed by atoms with E-state index in [4.69, 9.17) is 5.11 Å². The maximum Gasteiger partial charge on any atom is 0.220 e. The zero-order valence-electron chi connectivity index (χ0n) is 10.2. The minimum atomic E-state index is 0.0852. The van der Waals surface area contributed by atoms with E-state index in [0.717, 1.165) is 19.5 Å². The summed E-state index contributed by atoms with van der Waals surface area (Å²) in [5, 5.41) is 15.0. The molecule has 16 heavy (non-hydrogen) atoms. The number of nitrogens with one attached hydrogen (secondary N) is 2. The van der Waals surface area contributed by atoms with Gasteiger partial charge in [0.1, 0.15) is 0 Å². The molecule has 0 saturated carbocycles. The third kappa shape index (κ3) is 5.47. The lowest BCUT2D eigenvalue weighted by Crippen LogP contribution is -2.34. The number of aliphatic hydroxyl groups excluding tert-OH is 1. The summed E-state index contributed by atoms with van der Waals surface area (Å²) < 4.78 is 0. The molecular formula is C12H24N2O2. The summed E-state index contributed by atoms with van der Waals surface area (Å²) in [6.07, 6.45) is 4.70. The minimum absolute atomic E-state index is 0.0852. The van der Waals surface area contributed by atoms with E-state index in [1.54, 1.807) is 0 Å². The van der Waals surface area contributed by atoms with E-state index in [-0.39, 0.29) is 18.6 Å². The van der Waals surface area contributed by atoms with Crippen LogP contribution in [-0.4, -0.2) is 36.8 Å². The quantitative estimate of drug-likeness (QED) is 0.625. The molecule has 94 valence electrons. The van der Waals surface area contributed by atoms with Crippen LogP contribution in [0.15, 0.2) is 0 Å². The van der Waals surface area contributed by atoms with Crippen molar-refractivity contribution >= 4 is 5.91 Å². The Balaban J connectivity index is 2.09. The lowest BCUT2D eigenvalue weighted by atomic mass is 9.94. The molecule has 3 N–H and O–H groups in total. The minimum Gasteiger partial charge on any atom is -0.396 e. The van der Waals surface area contributed by atoms with E-state index < -0.39 is 0 Å². The Hall–Kier alpha value is -0.610. The third-order valence-corrected chi connectivity index (χ3v) is 3.15. The van der Waals surface area contributed by atoms with E-state index in [2.05, 4.69) is 10.6 Å². The monoisotopic (exact) mass is 228 g/mol. The van der Waals surface area contributed by atoms with Gasteiger partial charge < -0.3 is 15.7 Å². The van der Waals surface area contributed by atoms with Crippen molar-refractivity contribution in [2.75, 3.05) is 19.7 Å². The predicted octanol–water partition coefficient (Wildman–Crippen LogP) is 0.653. The number of hydrogen-bond acceptors (Lipinski definition) is 3. The second kappa shape index (κ2) is 7.63. The highest BCUT2D eigenvalue weighted by molar-refractivity contribution is 5.76. The fourth-order valence-corrected chi connectivity index (χ4v) is 2.12. The van der Waals surface area contributed by atoms with Crippen molar-refractivity contribution in [3.63, 3.8) is 0 Å². The molecule has 0 radical (unpaired) electrons. The Labute approximate surface area is 97.8 Å². The molecule has 0 aromatic carbocycles. The standard InChI is InChI=1S/C12H24N2O2/c1-10(6-8-15)14-12(16)5-4-11-3-2-7-13-9-11/h10-11,13,15H,2-9H2,1H3,(H,14,16). The summed E-state index contributed by atoms with van der Waals surface area (Å²) in [6, 6.07) is 0.0852. The first kappa shape index (κ1) is 13.5. The van der Waals surface area contributed by atoms with Crippen molar-refractivity contribution in [3.05, 3.63) is 0 Å². The van der Waals surface area contributed by atoms with Crippen LogP contribution < -0.4 is 10.6 Å². The molecular weight excluding hydrogens is 204 g/mol. The van der Waals surface area contributed by atoms with Crippen LogP contribution in [0.3, 0.4) is 0 Å². The van der Waals surface area contributed by atoms with E-state index in [0.29, 0.717) is 18.8 Å². The van der Waals surface area contributed by atoms with Gasteiger partial charge in [0.25, 0.3) is 0 Å². The average molecular weight is 228 g/mol. The molecule has 1 saturated heterocycles. The first-order valence-corrected chi connectivity index (χ1v) is 6.33. The normalized spacial score (nSPS) is 22.8. The first-order chi connectivity index (χ1) is 7.72. The Kier molecular flexibility index (Phi) is 6.42. The molecule has 1 aliphatic heterocycles. The number of piperidine rings is 1. The third-order valence-electron chi connectivity index (χ3n) is 3.15. The van der Waals surface area contributed by atoms with Crippen molar-refractivity contribution in [3.8, 4) is 0 Å². The van der Waals surface area contributed by atoms with Crippen molar-refractivity contribution in [2.24, 2.45) is 5.92 Å². The molecule has 2 atom stereocenters. The van der Waals surface area contributed by atoms with Gasteiger partial charge in [-0.1, -0.05) is 0 Å². The number of hydrogen-bond donors (Lipinski definition) is 3. The fourth-order valence-electron chi connectivity index (χ4n) is 2.12. The van der Waals surface area contributed by atoms with Gasteiger partial charge >= 0.3 is 0 Å². The predicted molar refractivity (Wildman–Crippen MR) is 64.1 cm³/mol. The fraction of sp³-hybridized carbons (Fsp3) is 0.917. The topological polar surface area (TPSA) is 61.4 Å². The molecule has 0 bridgehead atoms. The zero-order valence-corrected chi connectivity index (χ0v) is 10.2. The van der Waals surface area contributed by atoms with Crippen LogP contribution in [0.1, 0.15) is 39.0 Å². The van der Waals surface area contributed by atoms with Gasteiger partial charge in [0.05, 0.1) is 0 Å². The molecule has 1 rings (SSSR count). The SMILES string of the molecule is CC(CCO)NC(=O)CCC1CCCNC1. The summed E-state index contributed by atoms with van der Waals surface area (Å²) >= 11 is 0. The molecule has 0 aromatic rings. The lowest BCUT2D eigenvalue weighted by Gasteiger charge is -2.22. The van der Waals surface area contributed by atoms with Crippen LogP contribution in [0, 0.1) is 5.92 Å². The van der Waals surface area contributed by atoms with Gasteiger partial charge in [-0.05, 0) is 51.6 Å². The molecule has 4 nitrogen and oxygen atoms in total. The van der Waals surface area contributed by atoms with Crippen molar-refractivity contribution in [1.29, 1.82) is 0 Å². The maximum absolute atomic E-state index is 11.6. The number of amides is 1. The van der Waals surface area contributed by atoms with Crippen molar-refractivity contribution in [1.82, 2.24) is 10.6 Å². The van der Waals surface area contributed by atoms with Crippen LogP contribution in [0.25, 0.3) is 0 Å². The second-order valence-corrected chi connectivity index (χ2v) is 4.73. The highest BCUT2D eigenvalue weighted by Crippen LogP contribution is 2.15. The highest BCUT2D eigenvalue weighted by Gasteiger charge is 2.15. The Bertz CT molecular complexity index is 203. The Morgan fingerprint density at radius 2 is 2.44 bits per heavy atom. The van der Waals surface area contributed by atoms with Crippen molar-refractivity contribution < 1.29 is 9.90 Å². The molecule has 1 heterocycles. The first-order valence-electron chi connectivity index (χ1n) is 6.33. The zero-order chi connectivity index (χ0) is 11.8. The van der Waals surface area contributed by atoms with Gasteiger partial charge in [-0.25, -0.2) is 0 Å².